The van der Waals surface area contributed by atoms with Gasteiger partial charge in [-0.15, -0.1) is 0 Å². The average Bonchev–Trinajstić information content (AvgIpc) is 3.29. The number of rotatable bonds is 41. The van der Waals surface area contributed by atoms with Crippen LogP contribution in [0, 0.1) is 0 Å². The lowest BCUT2D eigenvalue weighted by Gasteiger charge is -2.41. The van der Waals surface area contributed by atoms with Gasteiger partial charge in [0.25, 0.3) is 0 Å². The van der Waals surface area contributed by atoms with Crippen molar-refractivity contribution < 1.29 is 63.1 Å². The van der Waals surface area contributed by atoms with E-state index in [9.17, 15) is 44.6 Å². The largest absolute Gasteiger partial charge is 0.472 e. The highest BCUT2D eigenvalue weighted by Crippen LogP contribution is 2.47. The Morgan fingerprint density at radius 1 is 0.492 bits per heavy atom. The number of aliphatic hydroxyl groups is 5. The third-order valence-corrected chi connectivity index (χ3v) is 12.5. The van der Waals surface area contributed by atoms with Gasteiger partial charge < -0.3 is 39.9 Å². The maximum atomic E-state index is 12.8. The Kier molecular flexibility index (Phi) is 37.8. The Bertz CT molecular complexity index is 1370. The van der Waals surface area contributed by atoms with Crippen molar-refractivity contribution in [3.63, 3.8) is 0 Å². The first-order valence-electron chi connectivity index (χ1n) is 25.2. The minimum atomic E-state index is -5.14. The second-order valence-corrected chi connectivity index (χ2v) is 18.8. The first-order chi connectivity index (χ1) is 31.4. The maximum Gasteiger partial charge on any atom is 0.472 e. The lowest BCUT2D eigenvalue weighted by molar-refractivity contribution is -0.220. The predicted molar refractivity (Wildman–Crippen MR) is 258 cm³/mol. The Morgan fingerprint density at radius 2 is 0.877 bits per heavy atom. The van der Waals surface area contributed by atoms with Crippen molar-refractivity contribution in [1.82, 2.24) is 0 Å². The second kappa shape index (κ2) is 40.6. The first kappa shape index (κ1) is 60.6. The van der Waals surface area contributed by atoms with Gasteiger partial charge in [0.05, 0.1) is 6.61 Å². The Balaban J connectivity index is 2.37. The summed E-state index contributed by atoms with van der Waals surface area (Å²) >= 11 is 0. The first-order valence-corrected chi connectivity index (χ1v) is 26.7. The molecule has 1 saturated carbocycles. The molecular formula is C51H89O13P. The van der Waals surface area contributed by atoms with Gasteiger partial charge in [0.15, 0.2) is 6.10 Å². The maximum absolute atomic E-state index is 12.8. The minimum absolute atomic E-state index is 0.000167. The molecule has 8 atom stereocenters. The molecule has 1 aliphatic rings. The van der Waals surface area contributed by atoms with Gasteiger partial charge in [-0.25, -0.2) is 4.57 Å². The van der Waals surface area contributed by atoms with Gasteiger partial charge in [0, 0.05) is 12.8 Å². The van der Waals surface area contributed by atoms with Crippen LogP contribution in [-0.2, 0) is 32.7 Å². The fourth-order valence-corrected chi connectivity index (χ4v) is 8.47. The van der Waals surface area contributed by atoms with E-state index in [1.54, 1.807) is 0 Å². The van der Waals surface area contributed by atoms with Crippen LogP contribution in [0.2, 0.25) is 0 Å². The van der Waals surface area contributed by atoms with E-state index in [4.69, 9.17) is 18.5 Å². The number of ether oxygens (including phenoxy) is 2. The molecule has 0 spiro atoms. The number of hydrogen-bond donors (Lipinski definition) is 6. The highest BCUT2D eigenvalue weighted by molar-refractivity contribution is 7.47. The lowest BCUT2D eigenvalue weighted by atomic mass is 9.85. The number of carbonyl (C=O) groups excluding carboxylic acids is 2. The van der Waals surface area contributed by atoms with Gasteiger partial charge in [-0.05, 0) is 25.7 Å². The summed E-state index contributed by atoms with van der Waals surface area (Å²) in [6.45, 7) is 3.11. The predicted octanol–water partition coefficient (Wildman–Crippen LogP) is 10.5. The van der Waals surface area contributed by atoms with Crippen molar-refractivity contribution in [2.45, 2.75) is 236 Å². The molecule has 376 valence electrons. The molecule has 0 heterocycles. The van der Waals surface area contributed by atoms with Crippen molar-refractivity contribution >= 4 is 19.8 Å². The topological polar surface area (TPSA) is 210 Å². The summed E-state index contributed by atoms with van der Waals surface area (Å²) in [7, 11) is -5.14. The molecule has 1 aliphatic carbocycles. The van der Waals surface area contributed by atoms with E-state index < -0.39 is 75.7 Å². The van der Waals surface area contributed by atoms with E-state index in [1.807, 2.05) is 54.7 Å². The van der Waals surface area contributed by atoms with Crippen molar-refractivity contribution in [3.8, 4) is 0 Å². The Morgan fingerprint density at radius 3 is 1.32 bits per heavy atom. The number of aliphatic hydroxyl groups excluding tert-OH is 5. The Hall–Kier alpha value is -2.45. The molecule has 0 amide bonds. The Labute approximate surface area is 392 Å². The molecule has 13 nitrogen and oxygen atoms in total. The molecule has 0 aliphatic heterocycles. The minimum Gasteiger partial charge on any atom is -0.462 e. The van der Waals surface area contributed by atoms with Crippen LogP contribution in [-0.4, -0.2) is 98.3 Å². The van der Waals surface area contributed by atoms with Gasteiger partial charge in [-0.2, -0.15) is 0 Å². The number of unbranched alkanes of at least 4 members (excludes halogenated alkanes) is 23. The van der Waals surface area contributed by atoms with E-state index >= 15 is 0 Å². The third-order valence-electron chi connectivity index (χ3n) is 11.5. The highest BCUT2D eigenvalue weighted by Gasteiger charge is 2.51. The smallest absolute Gasteiger partial charge is 0.462 e. The molecule has 1 fully saturated rings. The molecular weight excluding hydrogens is 852 g/mol. The molecule has 0 aromatic carbocycles. The summed E-state index contributed by atoms with van der Waals surface area (Å²) in [5, 5.41) is 50.2. The van der Waals surface area contributed by atoms with Crippen LogP contribution in [0.4, 0.5) is 0 Å². The molecule has 0 bridgehead atoms. The zero-order valence-corrected chi connectivity index (χ0v) is 40.9. The second-order valence-electron chi connectivity index (χ2n) is 17.4. The van der Waals surface area contributed by atoms with Gasteiger partial charge in [-0.3, -0.25) is 18.6 Å². The summed E-state index contributed by atoms with van der Waals surface area (Å²) in [6.07, 6.45) is 37.3. The monoisotopic (exact) mass is 941 g/mol. The number of esters is 2. The van der Waals surface area contributed by atoms with E-state index in [0.717, 1.165) is 25.7 Å². The molecule has 65 heavy (non-hydrogen) atoms. The fourth-order valence-electron chi connectivity index (χ4n) is 7.50. The summed E-state index contributed by atoms with van der Waals surface area (Å²) in [5.41, 5.74) is 0. The van der Waals surface area contributed by atoms with Crippen molar-refractivity contribution in [2.75, 3.05) is 13.2 Å². The van der Waals surface area contributed by atoms with Gasteiger partial charge in [0.1, 0.15) is 43.2 Å². The van der Waals surface area contributed by atoms with Crippen LogP contribution in [0.5, 0.6) is 0 Å². The molecule has 7 unspecified atom stereocenters. The van der Waals surface area contributed by atoms with Crippen LogP contribution >= 0.6 is 7.82 Å². The van der Waals surface area contributed by atoms with E-state index in [-0.39, 0.29) is 12.8 Å². The highest BCUT2D eigenvalue weighted by atomic mass is 31.2. The van der Waals surface area contributed by atoms with E-state index in [0.29, 0.717) is 19.3 Å². The molecule has 14 heteroatoms. The quantitative estimate of drug-likeness (QED) is 0.0146. The molecule has 0 aromatic rings. The van der Waals surface area contributed by atoms with Crippen molar-refractivity contribution in [2.24, 2.45) is 0 Å². The van der Waals surface area contributed by atoms with Crippen molar-refractivity contribution in [3.05, 3.63) is 60.8 Å². The molecule has 1 rings (SSSR count). The average molecular weight is 941 g/mol. The van der Waals surface area contributed by atoms with Gasteiger partial charge in [0.2, 0.25) is 0 Å². The number of allylic oxidation sites excluding steroid dienone is 10. The SMILES string of the molecule is CC/C=C/C=C/C=C/C=C/C=C/CCCC(=O)OC(COC(=O)CCCCCCCCCCCCCCCCCCCCCCCCC)COP(=O)(O)OC1C(O)C(O)C(O)[C@H](O)C1O. The van der Waals surface area contributed by atoms with Gasteiger partial charge in [-0.1, -0.05) is 216 Å². The third kappa shape index (κ3) is 32.8. The van der Waals surface area contributed by atoms with Gasteiger partial charge >= 0.3 is 19.8 Å². The molecule has 6 N–H and O–H groups in total. The summed E-state index contributed by atoms with van der Waals surface area (Å²) in [6, 6.07) is 0. The van der Waals surface area contributed by atoms with Crippen LogP contribution < -0.4 is 0 Å². The number of hydrogen-bond acceptors (Lipinski definition) is 12. The zero-order chi connectivity index (χ0) is 47.8. The van der Waals surface area contributed by atoms with Crippen molar-refractivity contribution in [1.29, 1.82) is 0 Å². The summed E-state index contributed by atoms with van der Waals surface area (Å²) in [4.78, 5) is 35.7. The van der Waals surface area contributed by atoms with Crippen LogP contribution in [0.15, 0.2) is 60.8 Å². The lowest BCUT2D eigenvalue weighted by Crippen LogP contribution is -2.64. The number of phosphoric acid groups is 1. The molecule has 0 saturated heterocycles. The molecule has 0 aromatic heterocycles. The summed E-state index contributed by atoms with van der Waals surface area (Å²) < 4.78 is 33.5. The number of carbonyl (C=O) groups is 2. The van der Waals surface area contributed by atoms with Crippen LogP contribution in [0.25, 0.3) is 0 Å². The van der Waals surface area contributed by atoms with Crippen LogP contribution in [0.1, 0.15) is 194 Å². The van der Waals surface area contributed by atoms with E-state index in [1.165, 1.54) is 122 Å². The normalized spacial score (nSPS) is 21.9. The van der Waals surface area contributed by atoms with E-state index in [2.05, 4.69) is 19.9 Å². The summed E-state index contributed by atoms with van der Waals surface area (Å²) in [5.74, 6) is -1.18. The van der Waals surface area contributed by atoms with Crippen LogP contribution in [0.3, 0.4) is 0 Å². The zero-order valence-electron chi connectivity index (χ0n) is 40.0. The molecule has 0 radical (unpaired) electrons. The number of phosphoric ester groups is 1. The fraction of sp³-hybridized carbons (Fsp3) is 0.765. The standard InChI is InChI=1S/C51H89O13P/c1-3-5-7-9-11-13-15-17-18-19-20-21-22-23-24-25-26-28-29-31-33-35-37-39-44(52)61-41-43(42-62-65(59,60)64-51-49(57)47(55)46(54)48(56)50(51)58)63-45(53)40-38-36-34-32-30-27-16-14-12-10-8-6-4-2/h6,8,10,12,14,16,27,30,32,34,43,46-51,54-58H,3-5,7,9,11,13,15,17-26,28-29,31,33,35-42H2,1-2H3,(H,59,60)/b8-6+,12-10+,16-14+,30-27+,34-32+/t43?,46?,47-,48?,49?,50?,51?/m0/s1.